The van der Waals surface area contributed by atoms with Gasteiger partial charge in [0.1, 0.15) is 23.1 Å². The first-order chi connectivity index (χ1) is 19.0. The molecule has 0 radical (unpaired) electrons. The van der Waals surface area contributed by atoms with Crippen molar-refractivity contribution in [1.29, 1.82) is 0 Å². The van der Waals surface area contributed by atoms with E-state index >= 15 is 0 Å². The Morgan fingerprint density at radius 1 is 1.07 bits per heavy atom. The van der Waals surface area contributed by atoms with Gasteiger partial charge in [0.15, 0.2) is 11.5 Å². The van der Waals surface area contributed by atoms with Crippen molar-refractivity contribution in [3.8, 4) is 11.3 Å². The minimum absolute atomic E-state index is 0.0340. The first-order valence-electron chi connectivity index (χ1n) is 13.8. The fraction of sp³-hybridized carbons (Fsp3) is 0.484. The Morgan fingerprint density at radius 3 is 2.50 bits per heavy atom. The van der Waals surface area contributed by atoms with Crippen molar-refractivity contribution in [2.24, 2.45) is 5.41 Å². The second-order valence-corrected chi connectivity index (χ2v) is 12.2. The van der Waals surface area contributed by atoms with Crippen LogP contribution in [0.25, 0.3) is 11.3 Å². The summed E-state index contributed by atoms with van der Waals surface area (Å²) in [5.74, 6) is -1.59. The molecule has 3 aromatic rings. The number of rotatable bonds is 10. The summed E-state index contributed by atoms with van der Waals surface area (Å²) >= 11 is 0. The van der Waals surface area contributed by atoms with E-state index in [0.29, 0.717) is 25.6 Å². The highest BCUT2D eigenvalue weighted by molar-refractivity contribution is 5.96. The molecular weight excluding hydrogens is 514 g/mol. The van der Waals surface area contributed by atoms with E-state index in [1.165, 1.54) is 12.1 Å². The molecule has 0 amide bonds. The Bertz CT molecular complexity index is 1360. The van der Waals surface area contributed by atoms with Crippen LogP contribution in [0.2, 0.25) is 0 Å². The van der Waals surface area contributed by atoms with Crippen LogP contribution in [-0.2, 0) is 10.2 Å². The summed E-state index contributed by atoms with van der Waals surface area (Å²) in [5, 5.41) is 3.90. The summed E-state index contributed by atoms with van der Waals surface area (Å²) in [7, 11) is 2.13. The van der Waals surface area contributed by atoms with E-state index in [4.69, 9.17) is 4.52 Å². The second kappa shape index (κ2) is 11.3. The molecule has 212 valence electrons. The third-order valence-electron chi connectivity index (χ3n) is 8.38. The molecule has 0 bridgehead atoms. The van der Waals surface area contributed by atoms with Crippen LogP contribution in [0.4, 0.5) is 8.78 Å². The summed E-state index contributed by atoms with van der Waals surface area (Å²) in [6.45, 7) is 7.43. The molecule has 0 N–H and O–H groups in total. The van der Waals surface area contributed by atoms with Gasteiger partial charge in [0.2, 0.25) is 0 Å². The number of nitrogens with zero attached hydrogens (tertiary/aromatic N) is 4. The van der Waals surface area contributed by atoms with Crippen LogP contribution in [0.5, 0.6) is 0 Å². The maximum atomic E-state index is 14.3. The Hall–Kier alpha value is -3.30. The molecule has 2 aliphatic rings. The standard InChI is InChI=1S/C31H36F2N4O3/c1-30(2,29-6-4-5-11-34-29)16-23(38)17-31(19-37(20-31)22-9-12-36(3)13-10-22)18-27(39)26-15-28(40-35-26)24-8-7-21(32)14-25(24)33/h4-8,11,14-15,22H,9-10,12-13,16-20H2,1-3H3. The van der Waals surface area contributed by atoms with Crippen LogP contribution in [0.1, 0.15) is 62.1 Å². The van der Waals surface area contributed by atoms with Crippen LogP contribution in [-0.4, -0.2) is 70.8 Å². The zero-order valence-corrected chi connectivity index (χ0v) is 23.3. The van der Waals surface area contributed by atoms with Gasteiger partial charge in [0, 0.05) is 73.2 Å². The summed E-state index contributed by atoms with van der Waals surface area (Å²) in [6.07, 6.45) is 4.62. The van der Waals surface area contributed by atoms with Gasteiger partial charge in [0.05, 0.1) is 5.56 Å². The van der Waals surface area contributed by atoms with Gasteiger partial charge in [-0.3, -0.25) is 19.5 Å². The fourth-order valence-corrected chi connectivity index (χ4v) is 6.20. The Morgan fingerprint density at radius 2 is 1.82 bits per heavy atom. The van der Waals surface area contributed by atoms with E-state index in [1.54, 1.807) is 6.20 Å². The van der Waals surface area contributed by atoms with Crippen molar-refractivity contribution in [2.75, 3.05) is 33.2 Å². The van der Waals surface area contributed by atoms with Gasteiger partial charge in [-0.15, -0.1) is 0 Å². The maximum absolute atomic E-state index is 14.3. The smallest absolute Gasteiger partial charge is 0.185 e. The third-order valence-corrected chi connectivity index (χ3v) is 8.38. The lowest BCUT2D eigenvalue weighted by molar-refractivity contribution is -0.128. The highest BCUT2D eigenvalue weighted by atomic mass is 19.1. The number of halogens is 2. The number of piperidine rings is 1. The molecule has 2 fully saturated rings. The number of carbonyl (C=O) groups is 2. The van der Waals surface area contributed by atoms with Crippen molar-refractivity contribution in [3.63, 3.8) is 0 Å². The monoisotopic (exact) mass is 550 g/mol. The molecule has 0 unspecified atom stereocenters. The highest BCUT2D eigenvalue weighted by Crippen LogP contribution is 2.43. The van der Waals surface area contributed by atoms with Crippen LogP contribution in [0, 0.1) is 17.0 Å². The number of pyridine rings is 1. The van der Waals surface area contributed by atoms with Gasteiger partial charge in [-0.05, 0) is 57.2 Å². The zero-order chi connectivity index (χ0) is 28.5. The number of hydrogen-bond donors (Lipinski definition) is 0. The van der Waals surface area contributed by atoms with Gasteiger partial charge in [-0.1, -0.05) is 25.1 Å². The Balaban J connectivity index is 1.31. The number of Topliss-reactive ketones (excluding diaryl/α,β-unsaturated/α-hetero) is 2. The van der Waals surface area contributed by atoms with Crippen LogP contribution < -0.4 is 0 Å². The van der Waals surface area contributed by atoms with Crippen molar-refractivity contribution in [2.45, 2.75) is 57.4 Å². The number of ketones is 2. The summed E-state index contributed by atoms with van der Waals surface area (Å²) in [6, 6.07) is 10.7. The third kappa shape index (κ3) is 6.20. The Labute approximate surface area is 233 Å². The largest absolute Gasteiger partial charge is 0.355 e. The van der Waals surface area contributed by atoms with E-state index in [-0.39, 0.29) is 41.4 Å². The lowest BCUT2D eigenvalue weighted by Gasteiger charge is -2.54. The number of carbonyl (C=O) groups excluding carboxylic acids is 2. The summed E-state index contributed by atoms with van der Waals surface area (Å²) in [4.78, 5) is 36.1. The normalized spacial score (nSPS) is 18.4. The molecule has 0 atom stereocenters. The first-order valence-corrected chi connectivity index (χ1v) is 13.8. The van der Waals surface area contributed by atoms with E-state index in [0.717, 1.165) is 43.8 Å². The van der Waals surface area contributed by atoms with Gasteiger partial charge in [-0.25, -0.2) is 8.78 Å². The molecule has 0 saturated carbocycles. The average molecular weight is 551 g/mol. The van der Waals surface area contributed by atoms with Gasteiger partial charge in [0.25, 0.3) is 0 Å². The maximum Gasteiger partial charge on any atom is 0.185 e. The molecule has 2 aliphatic heterocycles. The molecule has 0 spiro atoms. The van der Waals surface area contributed by atoms with Crippen molar-refractivity contribution in [1.82, 2.24) is 19.9 Å². The molecule has 1 aromatic carbocycles. The molecule has 9 heteroatoms. The number of hydrogen-bond acceptors (Lipinski definition) is 7. The van der Waals surface area contributed by atoms with Gasteiger partial charge in [-0.2, -0.15) is 0 Å². The predicted octanol–water partition coefficient (Wildman–Crippen LogP) is 5.31. The quantitative estimate of drug-likeness (QED) is 0.317. The molecule has 40 heavy (non-hydrogen) atoms. The number of aromatic nitrogens is 2. The fourth-order valence-electron chi connectivity index (χ4n) is 6.20. The van der Waals surface area contributed by atoms with E-state index < -0.39 is 22.5 Å². The lowest BCUT2D eigenvalue weighted by Crippen LogP contribution is -2.62. The van der Waals surface area contributed by atoms with E-state index in [9.17, 15) is 18.4 Å². The molecule has 0 aliphatic carbocycles. The molecule has 2 aromatic heterocycles. The van der Waals surface area contributed by atoms with Crippen molar-refractivity contribution < 1.29 is 22.9 Å². The average Bonchev–Trinajstić information content (AvgIpc) is 3.38. The topological polar surface area (TPSA) is 79.5 Å². The van der Waals surface area contributed by atoms with Crippen molar-refractivity contribution in [3.05, 3.63) is 71.7 Å². The minimum Gasteiger partial charge on any atom is -0.355 e. The molecular formula is C31H36F2N4O3. The lowest BCUT2D eigenvalue weighted by atomic mass is 9.69. The van der Waals surface area contributed by atoms with Gasteiger partial charge < -0.3 is 9.42 Å². The predicted molar refractivity (Wildman–Crippen MR) is 147 cm³/mol. The Kier molecular flexibility index (Phi) is 7.97. The second-order valence-electron chi connectivity index (χ2n) is 12.2. The van der Waals surface area contributed by atoms with Crippen LogP contribution in [0.15, 0.2) is 53.2 Å². The zero-order valence-electron chi connectivity index (χ0n) is 23.3. The van der Waals surface area contributed by atoms with E-state index in [2.05, 4.69) is 27.0 Å². The highest BCUT2D eigenvalue weighted by Gasteiger charge is 2.48. The summed E-state index contributed by atoms with van der Waals surface area (Å²) < 4.78 is 32.9. The number of likely N-dealkylation sites (tertiary alicyclic amines) is 2. The van der Waals surface area contributed by atoms with E-state index in [1.807, 2.05) is 32.0 Å². The molecule has 5 rings (SSSR count). The van der Waals surface area contributed by atoms with Crippen LogP contribution in [0.3, 0.4) is 0 Å². The van der Waals surface area contributed by atoms with Crippen molar-refractivity contribution >= 4 is 11.6 Å². The molecule has 2 saturated heterocycles. The molecule has 7 nitrogen and oxygen atoms in total. The van der Waals surface area contributed by atoms with Gasteiger partial charge >= 0.3 is 0 Å². The number of benzene rings is 1. The SMILES string of the molecule is CN1CCC(N2CC(CC(=O)CC(C)(C)c3ccccn3)(CC(=O)c3cc(-c4ccc(F)cc4F)on3)C2)CC1. The van der Waals surface area contributed by atoms with Crippen LogP contribution >= 0.6 is 0 Å². The first kappa shape index (κ1) is 28.2. The minimum atomic E-state index is -0.791. The molecule has 4 heterocycles. The summed E-state index contributed by atoms with van der Waals surface area (Å²) in [5.41, 5.74) is 0.0426.